The Hall–Kier alpha value is -2.05. The molecule has 1 fully saturated rings. The smallest absolute Gasteiger partial charge is 0.257 e. The molecule has 1 aliphatic heterocycles. The van der Waals surface area contributed by atoms with Gasteiger partial charge in [-0.2, -0.15) is 0 Å². The molecule has 1 amide bonds. The second kappa shape index (κ2) is 11.0. The Labute approximate surface area is 194 Å². The van der Waals surface area contributed by atoms with Crippen LogP contribution in [0.4, 0.5) is 0 Å². The van der Waals surface area contributed by atoms with Crippen molar-refractivity contribution in [2.75, 3.05) is 60.5 Å². The zero-order chi connectivity index (χ0) is 22.4. The Morgan fingerprint density at radius 3 is 2.39 bits per heavy atom. The van der Waals surface area contributed by atoms with E-state index in [2.05, 4.69) is 36.0 Å². The van der Waals surface area contributed by atoms with Crippen LogP contribution in [0.25, 0.3) is 11.1 Å². The van der Waals surface area contributed by atoms with Crippen LogP contribution in [0.1, 0.15) is 10.4 Å². The highest BCUT2D eigenvalue weighted by Gasteiger charge is 2.25. The summed E-state index contributed by atoms with van der Waals surface area (Å²) in [6, 6.07) is 11.0. The lowest BCUT2D eigenvalue weighted by Crippen LogP contribution is -2.48. The minimum absolute atomic E-state index is 0.0513. The van der Waals surface area contributed by atoms with Crippen LogP contribution in [-0.2, 0) is 0 Å². The first-order valence-electron chi connectivity index (χ1n) is 10.3. The molecule has 1 saturated heterocycles. The van der Waals surface area contributed by atoms with E-state index in [1.807, 2.05) is 29.2 Å². The first-order valence-corrected chi connectivity index (χ1v) is 11.1. The summed E-state index contributed by atoms with van der Waals surface area (Å²) < 4.78 is 5.48. The van der Waals surface area contributed by atoms with Gasteiger partial charge in [-0.15, -0.1) is 0 Å². The van der Waals surface area contributed by atoms with Gasteiger partial charge in [-0.25, -0.2) is 0 Å². The van der Waals surface area contributed by atoms with Crippen molar-refractivity contribution < 1.29 is 9.53 Å². The molecule has 166 valence electrons. The minimum atomic E-state index is -0.0513. The number of likely N-dealkylation sites (N-methyl/N-ethyl adjacent to an activating group) is 1. The van der Waals surface area contributed by atoms with E-state index < -0.39 is 0 Å². The number of nitrogens with zero attached hydrogens (tertiary/aromatic N) is 3. The third-order valence-corrected chi connectivity index (χ3v) is 5.99. The van der Waals surface area contributed by atoms with Crippen LogP contribution in [0.2, 0.25) is 10.0 Å². The van der Waals surface area contributed by atoms with Gasteiger partial charge in [0.2, 0.25) is 0 Å². The molecule has 0 radical (unpaired) electrons. The molecular formula is C24H29Cl2N3O2. The molecule has 5 nitrogen and oxygen atoms in total. The van der Waals surface area contributed by atoms with Crippen molar-refractivity contribution >= 4 is 29.1 Å². The Morgan fingerprint density at radius 1 is 1.03 bits per heavy atom. The zero-order valence-electron chi connectivity index (χ0n) is 18.3. The van der Waals surface area contributed by atoms with E-state index in [1.165, 1.54) is 0 Å². The van der Waals surface area contributed by atoms with Crippen LogP contribution in [0.5, 0.6) is 5.75 Å². The predicted octanol–water partition coefficient (Wildman–Crippen LogP) is 4.54. The molecule has 0 spiro atoms. The molecule has 0 aliphatic carbocycles. The highest BCUT2D eigenvalue weighted by Crippen LogP contribution is 2.37. The average molecular weight is 462 g/mol. The number of rotatable bonds is 7. The van der Waals surface area contributed by atoms with Crippen LogP contribution in [0.15, 0.2) is 48.6 Å². The quantitative estimate of drug-likeness (QED) is 0.566. The number of hydrogen-bond donors (Lipinski definition) is 0. The van der Waals surface area contributed by atoms with Gasteiger partial charge >= 0.3 is 0 Å². The summed E-state index contributed by atoms with van der Waals surface area (Å²) >= 11 is 12.9. The van der Waals surface area contributed by atoms with E-state index >= 15 is 0 Å². The fourth-order valence-corrected chi connectivity index (χ4v) is 4.08. The molecule has 1 aliphatic rings. The predicted molar refractivity (Wildman–Crippen MR) is 128 cm³/mol. The second-order valence-electron chi connectivity index (χ2n) is 7.84. The van der Waals surface area contributed by atoms with Crippen molar-refractivity contribution in [3.63, 3.8) is 0 Å². The van der Waals surface area contributed by atoms with Gasteiger partial charge in [-0.05, 0) is 26.2 Å². The van der Waals surface area contributed by atoms with Gasteiger partial charge in [0.25, 0.3) is 5.91 Å². The van der Waals surface area contributed by atoms with E-state index in [-0.39, 0.29) is 5.91 Å². The lowest BCUT2D eigenvalue weighted by molar-refractivity contribution is 0.0647. The van der Waals surface area contributed by atoms with Gasteiger partial charge < -0.3 is 14.5 Å². The fraction of sp³-hybridized carbons (Fsp3) is 0.375. The molecule has 0 N–H and O–H groups in total. The van der Waals surface area contributed by atoms with Gasteiger partial charge in [0.1, 0.15) is 5.75 Å². The summed E-state index contributed by atoms with van der Waals surface area (Å²) in [5.74, 6) is 0.421. The Morgan fingerprint density at radius 2 is 1.74 bits per heavy atom. The van der Waals surface area contributed by atoms with Crippen molar-refractivity contribution in [1.29, 1.82) is 0 Å². The van der Waals surface area contributed by atoms with Crippen molar-refractivity contribution in [2.45, 2.75) is 0 Å². The number of methoxy groups -OCH3 is 1. The van der Waals surface area contributed by atoms with E-state index in [9.17, 15) is 4.79 Å². The first-order chi connectivity index (χ1) is 14.9. The number of ether oxygens (including phenoxy) is 1. The molecule has 3 rings (SSSR count). The maximum atomic E-state index is 13.3. The SMILES string of the molecule is COc1cc(Cl)c(-c2ccccc2Cl)cc1C(=O)N1CCN(C/C=C/CN(C)C)CC1. The second-order valence-corrected chi connectivity index (χ2v) is 8.65. The van der Waals surface area contributed by atoms with E-state index in [0.717, 1.165) is 37.3 Å². The number of hydrogen-bond acceptors (Lipinski definition) is 4. The van der Waals surface area contributed by atoms with E-state index in [1.54, 1.807) is 19.2 Å². The van der Waals surface area contributed by atoms with Gasteiger partial charge in [0.15, 0.2) is 0 Å². The van der Waals surface area contributed by atoms with Crippen molar-refractivity contribution in [3.05, 3.63) is 64.2 Å². The molecule has 7 heteroatoms. The zero-order valence-corrected chi connectivity index (χ0v) is 19.8. The topological polar surface area (TPSA) is 36.0 Å². The minimum Gasteiger partial charge on any atom is -0.496 e. The normalized spacial score (nSPS) is 15.1. The van der Waals surface area contributed by atoms with Gasteiger partial charge in [0, 0.05) is 61.5 Å². The fourth-order valence-electron chi connectivity index (χ4n) is 3.59. The third-order valence-electron chi connectivity index (χ3n) is 5.34. The highest BCUT2D eigenvalue weighted by atomic mass is 35.5. The molecule has 1 heterocycles. The molecule has 2 aromatic carbocycles. The Bertz CT molecular complexity index is 938. The number of piperazine rings is 1. The van der Waals surface area contributed by atoms with Crippen LogP contribution < -0.4 is 4.74 Å². The standard InChI is InChI=1S/C24H29Cl2N3O2/c1-27(2)10-6-7-11-28-12-14-29(15-13-28)24(30)20-16-19(22(26)17-23(20)31-3)18-8-4-5-9-21(18)25/h4-9,16-17H,10-15H2,1-3H3/b7-6+. The number of benzene rings is 2. The molecule has 0 saturated carbocycles. The molecular weight excluding hydrogens is 433 g/mol. The van der Waals surface area contributed by atoms with Gasteiger partial charge in [-0.1, -0.05) is 53.6 Å². The molecule has 0 atom stereocenters. The Kier molecular flexibility index (Phi) is 8.38. The third kappa shape index (κ3) is 6.01. The summed E-state index contributed by atoms with van der Waals surface area (Å²) in [6.07, 6.45) is 4.36. The van der Waals surface area contributed by atoms with Crippen LogP contribution in [0, 0.1) is 0 Å². The van der Waals surface area contributed by atoms with Crippen molar-refractivity contribution in [3.8, 4) is 16.9 Å². The van der Waals surface area contributed by atoms with Crippen molar-refractivity contribution in [2.24, 2.45) is 0 Å². The lowest BCUT2D eigenvalue weighted by atomic mass is 10.0. The maximum absolute atomic E-state index is 13.3. The van der Waals surface area contributed by atoms with Gasteiger partial charge in [0.05, 0.1) is 17.7 Å². The largest absolute Gasteiger partial charge is 0.496 e. The van der Waals surface area contributed by atoms with Crippen LogP contribution in [-0.4, -0.2) is 81.1 Å². The number of halogens is 2. The lowest BCUT2D eigenvalue weighted by Gasteiger charge is -2.34. The highest BCUT2D eigenvalue weighted by molar-refractivity contribution is 6.36. The summed E-state index contributed by atoms with van der Waals surface area (Å²) in [7, 11) is 5.66. The summed E-state index contributed by atoms with van der Waals surface area (Å²) in [5.41, 5.74) is 2.02. The number of carbonyl (C=O) groups excluding carboxylic acids is 1. The number of carbonyl (C=O) groups is 1. The summed E-state index contributed by atoms with van der Waals surface area (Å²) in [4.78, 5) is 19.7. The Balaban J connectivity index is 1.74. The molecule has 31 heavy (non-hydrogen) atoms. The van der Waals surface area contributed by atoms with E-state index in [4.69, 9.17) is 27.9 Å². The first kappa shape index (κ1) is 23.6. The molecule has 2 aromatic rings. The van der Waals surface area contributed by atoms with E-state index in [0.29, 0.717) is 34.4 Å². The summed E-state index contributed by atoms with van der Waals surface area (Å²) in [6.45, 7) is 4.86. The van der Waals surface area contributed by atoms with Gasteiger partial charge in [-0.3, -0.25) is 9.69 Å². The average Bonchev–Trinajstić information content (AvgIpc) is 2.77. The van der Waals surface area contributed by atoms with Crippen LogP contribution >= 0.6 is 23.2 Å². The maximum Gasteiger partial charge on any atom is 0.257 e. The number of amides is 1. The molecule has 0 aromatic heterocycles. The van der Waals surface area contributed by atoms with Crippen LogP contribution in [0.3, 0.4) is 0 Å². The monoisotopic (exact) mass is 461 g/mol. The summed E-state index contributed by atoms with van der Waals surface area (Å²) in [5, 5.41) is 1.08. The molecule has 0 unspecified atom stereocenters. The van der Waals surface area contributed by atoms with Crippen molar-refractivity contribution in [1.82, 2.24) is 14.7 Å². The molecule has 0 bridgehead atoms.